The van der Waals surface area contributed by atoms with Gasteiger partial charge in [0.15, 0.2) is 5.69 Å². The fraction of sp³-hybridized carbons (Fsp3) is 0.323. The van der Waals surface area contributed by atoms with Crippen LogP contribution in [0.4, 0.5) is 5.82 Å². The monoisotopic (exact) mass is 529 g/mol. The highest BCUT2D eigenvalue weighted by molar-refractivity contribution is 7.10. The average molecular weight is 530 g/mol. The standard InChI is InChI=1S/C31H35N3O3S/c1-4-7-23(8-5-2)24-15-17-26(18-16-24)37-20-22-11-13-25(14-12-22)28-21-38-30(33-28)19-34(3)29-10-6-9-27(32-29)31(35)36/h6,9-18,21,23H,4-5,7-8,19-20H2,1-3H3,(H,35,36). The quantitative estimate of drug-likeness (QED) is 0.190. The van der Waals surface area contributed by atoms with Gasteiger partial charge in [0.2, 0.25) is 0 Å². The lowest BCUT2D eigenvalue weighted by molar-refractivity contribution is 0.0690. The number of ether oxygens (including phenoxy) is 1. The molecule has 2 heterocycles. The lowest BCUT2D eigenvalue weighted by Crippen LogP contribution is -2.18. The molecule has 7 heteroatoms. The molecule has 198 valence electrons. The maximum atomic E-state index is 11.2. The van der Waals surface area contributed by atoms with Crippen molar-refractivity contribution in [3.8, 4) is 17.0 Å². The molecule has 38 heavy (non-hydrogen) atoms. The number of benzene rings is 2. The molecule has 2 aromatic heterocycles. The molecule has 0 aliphatic carbocycles. The van der Waals surface area contributed by atoms with Gasteiger partial charge < -0.3 is 14.7 Å². The molecule has 0 saturated heterocycles. The van der Waals surface area contributed by atoms with Crippen LogP contribution in [-0.4, -0.2) is 28.1 Å². The smallest absolute Gasteiger partial charge is 0.354 e. The second-order valence-corrected chi connectivity index (χ2v) is 10.4. The predicted molar refractivity (Wildman–Crippen MR) is 154 cm³/mol. The Labute approximate surface area is 229 Å². The number of rotatable bonds is 13. The van der Waals surface area contributed by atoms with Crippen molar-refractivity contribution >= 4 is 23.1 Å². The SMILES string of the molecule is CCCC(CCC)c1ccc(OCc2ccc(-c3csc(CN(C)c4cccc(C(=O)O)n4)n3)cc2)cc1. The molecule has 4 aromatic rings. The van der Waals surface area contributed by atoms with Crippen LogP contribution in [0.3, 0.4) is 0 Å². The Morgan fingerprint density at radius 2 is 1.68 bits per heavy atom. The third kappa shape index (κ3) is 7.19. The van der Waals surface area contributed by atoms with Gasteiger partial charge in [0, 0.05) is 18.0 Å². The summed E-state index contributed by atoms with van der Waals surface area (Å²) in [5.41, 5.74) is 4.51. The van der Waals surface area contributed by atoms with E-state index in [1.54, 1.807) is 23.5 Å². The highest BCUT2D eigenvalue weighted by Crippen LogP contribution is 2.28. The Kier molecular flexibility index (Phi) is 9.49. The van der Waals surface area contributed by atoms with Gasteiger partial charge in [-0.1, -0.05) is 69.2 Å². The molecule has 0 spiro atoms. The van der Waals surface area contributed by atoms with Gasteiger partial charge in [0.05, 0.1) is 12.2 Å². The molecular weight excluding hydrogens is 494 g/mol. The van der Waals surface area contributed by atoms with Crippen LogP contribution in [0.2, 0.25) is 0 Å². The molecule has 0 saturated carbocycles. The zero-order chi connectivity index (χ0) is 26.9. The Bertz CT molecular complexity index is 1310. The molecule has 0 aliphatic rings. The number of carboxylic acids is 1. The highest BCUT2D eigenvalue weighted by atomic mass is 32.1. The minimum absolute atomic E-state index is 0.0304. The van der Waals surface area contributed by atoms with Crippen molar-refractivity contribution in [2.24, 2.45) is 0 Å². The Morgan fingerprint density at radius 1 is 0.974 bits per heavy atom. The lowest BCUT2D eigenvalue weighted by Gasteiger charge is -2.16. The number of nitrogens with zero attached hydrogens (tertiary/aromatic N) is 3. The molecule has 0 unspecified atom stereocenters. The third-order valence-corrected chi connectivity index (χ3v) is 7.38. The van der Waals surface area contributed by atoms with E-state index >= 15 is 0 Å². The maximum absolute atomic E-state index is 11.2. The summed E-state index contributed by atoms with van der Waals surface area (Å²) in [6.45, 7) is 5.56. The van der Waals surface area contributed by atoms with Gasteiger partial charge in [0.25, 0.3) is 0 Å². The zero-order valence-electron chi connectivity index (χ0n) is 22.3. The number of anilines is 1. The van der Waals surface area contributed by atoms with Crippen LogP contribution in [0.15, 0.2) is 72.1 Å². The van der Waals surface area contributed by atoms with Crippen molar-refractivity contribution in [1.82, 2.24) is 9.97 Å². The molecule has 0 atom stereocenters. The minimum atomic E-state index is -1.04. The van der Waals surface area contributed by atoms with Gasteiger partial charge in [-0.3, -0.25) is 0 Å². The van der Waals surface area contributed by atoms with Gasteiger partial charge >= 0.3 is 5.97 Å². The van der Waals surface area contributed by atoms with Gasteiger partial charge in [-0.05, 0) is 54.2 Å². The van der Waals surface area contributed by atoms with Crippen molar-refractivity contribution in [2.45, 2.75) is 58.6 Å². The summed E-state index contributed by atoms with van der Waals surface area (Å²) in [6, 6.07) is 21.9. The van der Waals surface area contributed by atoms with Gasteiger partial charge in [-0.2, -0.15) is 0 Å². The van der Waals surface area contributed by atoms with Gasteiger partial charge in [0.1, 0.15) is 23.2 Å². The molecule has 0 bridgehead atoms. The topological polar surface area (TPSA) is 75.5 Å². The zero-order valence-corrected chi connectivity index (χ0v) is 23.1. The molecule has 0 radical (unpaired) electrons. The molecular formula is C31H35N3O3S. The van der Waals surface area contributed by atoms with E-state index in [0.717, 1.165) is 27.6 Å². The van der Waals surface area contributed by atoms with Crippen LogP contribution < -0.4 is 9.64 Å². The normalized spacial score (nSPS) is 11.1. The van der Waals surface area contributed by atoms with E-state index in [2.05, 4.69) is 67.4 Å². The second kappa shape index (κ2) is 13.2. The van der Waals surface area contributed by atoms with Crippen molar-refractivity contribution in [1.29, 1.82) is 0 Å². The molecule has 2 aromatic carbocycles. The first-order valence-corrected chi connectivity index (χ1v) is 14.0. The summed E-state index contributed by atoms with van der Waals surface area (Å²) in [6.07, 6.45) is 4.88. The van der Waals surface area contributed by atoms with Crippen molar-refractivity contribution in [3.63, 3.8) is 0 Å². The van der Waals surface area contributed by atoms with E-state index in [4.69, 9.17) is 9.72 Å². The fourth-order valence-electron chi connectivity index (χ4n) is 4.50. The molecule has 1 N–H and O–H groups in total. The van der Waals surface area contributed by atoms with E-state index in [1.165, 1.54) is 37.3 Å². The number of aromatic carboxylic acids is 1. The fourth-order valence-corrected chi connectivity index (χ4v) is 5.36. The largest absolute Gasteiger partial charge is 0.489 e. The summed E-state index contributed by atoms with van der Waals surface area (Å²) < 4.78 is 6.04. The number of hydrogen-bond acceptors (Lipinski definition) is 6. The molecule has 4 rings (SSSR count). The summed E-state index contributed by atoms with van der Waals surface area (Å²) >= 11 is 1.58. The van der Waals surface area contributed by atoms with Gasteiger partial charge in [-0.25, -0.2) is 14.8 Å². The molecule has 6 nitrogen and oxygen atoms in total. The van der Waals surface area contributed by atoms with Crippen LogP contribution in [0.1, 0.15) is 72.1 Å². The van der Waals surface area contributed by atoms with Crippen LogP contribution in [0.5, 0.6) is 5.75 Å². The average Bonchev–Trinajstić information content (AvgIpc) is 3.41. The van der Waals surface area contributed by atoms with Crippen LogP contribution in [0.25, 0.3) is 11.3 Å². The number of carboxylic acid groups (broad SMARTS) is 1. The first-order valence-electron chi connectivity index (χ1n) is 13.1. The number of carbonyl (C=O) groups is 1. The van der Waals surface area contributed by atoms with E-state index in [-0.39, 0.29) is 5.69 Å². The number of aromatic nitrogens is 2. The van der Waals surface area contributed by atoms with Gasteiger partial charge in [-0.15, -0.1) is 11.3 Å². The Morgan fingerprint density at radius 3 is 2.34 bits per heavy atom. The lowest BCUT2D eigenvalue weighted by atomic mass is 9.90. The highest BCUT2D eigenvalue weighted by Gasteiger charge is 2.12. The molecule has 0 fully saturated rings. The first kappa shape index (κ1) is 27.3. The Hall–Kier alpha value is -3.71. The van der Waals surface area contributed by atoms with Crippen molar-refractivity contribution < 1.29 is 14.6 Å². The van der Waals surface area contributed by atoms with E-state index < -0.39 is 5.97 Å². The van der Waals surface area contributed by atoms with Crippen LogP contribution >= 0.6 is 11.3 Å². The molecule has 0 amide bonds. The second-order valence-electron chi connectivity index (χ2n) is 9.50. The van der Waals surface area contributed by atoms with Crippen LogP contribution in [0, 0.1) is 0 Å². The first-order chi connectivity index (χ1) is 18.5. The summed E-state index contributed by atoms with van der Waals surface area (Å²) in [5.74, 6) is 1.09. The van der Waals surface area contributed by atoms with E-state index in [9.17, 15) is 9.90 Å². The maximum Gasteiger partial charge on any atom is 0.354 e. The van der Waals surface area contributed by atoms with E-state index in [1.807, 2.05) is 17.3 Å². The Balaban J connectivity index is 1.33. The minimum Gasteiger partial charge on any atom is -0.489 e. The predicted octanol–water partition coefficient (Wildman–Crippen LogP) is 7.80. The third-order valence-electron chi connectivity index (χ3n) is 6.55. The summed E-state index contributed by atoms with van der Waals surface area (Å²) in [5, 5.41) is 12.2. The van der Waals surface area contributed by atoms with E-state index in [0.29, 0.717) is 24.9 Å². The summed E-state index contributed by atoms with van der Waals surface area (Å²) in [4.78, 5) is 22.1. The number of pyridine rings is 1. The molecule has 0 aliphatic heterocycles. The van der Waals surface area contributed by atoms with Crippen LogP contribution in [-0.2, 0) is 13.2 Å². The number of hydrogen-bond donors (Lipinski definition) is 1. The van der Waals surface area contributed by atoms with Crippen molar-refractivity contribution in [3.05, 3.63) is 93.9 Å². The summed E-state index contributed by atoms with van der Waals surface area (Å²) in [7, 11) is 1.88. The van der Waals surface area contributed by atoms with Crippen molar-refractivity contribution in [2.75, 3.05) is 11.9 Å². The number of thiazole rings is 1.